The summed E-state index contributed by atoms with van der Waals surface area (Å²) in [6.07, 6.45) is 14.1. The molecule has 274 valence electrons. The van der Waals surface area contributed by atoms with Crippen LogP contribution in [0.2, 0.25) is 0 Å². The number of carbonyl (C=O) groups excluding carboxylic acids is 2. The highest BCUT2D eigenvalue weighted by Crippen LogP contribution is 2.33. The molecular weight excluding hydrogens is 723 g/mol. The second-order valence-electron chi connectivity index (χ2n) is 13.0. The van der Waals surface area contributed by atoms with Gasteiger partial charge in [-0.25, -0.2) is 9.97 Å². The highest BCUT2D eigenvalue weighted by molar-refractivity contribution is 7.16. The number of aromatic nitrogens is 6. The molecule has 1 atom stereocenters. The highest BCUT2D eigenvalue weighted by atomic mass is 32.1. The lowest BCUT2D eigenvalue weighted by Gasteiger charge is -2.33. The van der Waals surface area contributed by atoms with Gasteiger partial charge in [0, 0.05) is 70.3 Å². The van der Waals surface area contributed by atoms with E-state index in [1.165, 1.54) is 4.88 Å². The SMILES string of the molecule is O=C(Cc1ccc(C2CCOCC2)s1)Nc1ccc(-c2cnc(C3CN(c4ccc(CC(=O)Nc5ccc(-c6cnccn6)cn5)s4)CCO3)cn2)cn1. The average molecular weight is 760 g/mol. The predicted molar refractivity (Wildman–Crippen MR) is 208 cm³/mol. The number of nitrogens with one attached hydrogen (secondary N) is 2. The third kappa shape index (κ3) is 8.82. The number of morpholine rings is 1. The molecule has 1 unspecified atom stereocenters. The van der Waals surface area contributed by atoms with Crippen molar-refractivity contribution in [3.63, 3.8) is 0 Å². The van der Waals surface area contributed by atoms with Gasteiger partial charge in [-0.3, -0.25) is 29.5 Å². The molecule has 13 nitrogen and oxygen atoms in total. The minimum atomic E-state index is -0.253. The smallest absolute Gasteiger partial charge is 0.230 e. The van der Waals surface area contributed by atoms with Crippen LogP contribution in [0.5, 0.6) is 0 Å². The fourth-order valence-electron chi connectivity index (χ4n) is 6.38. The zero-order valence-corrected chi connectivity index (χ0v) is 30.9. The largest absolute Gasteiger partial charge is 0.381 e. The summed E-state index contributed by atoms with van der Waals surface area (Å²) in [7, 11) is 0. The van der Waals surface area contributed by atoms with Gasteiger partial charge in [0.25, 0.3) is 0 Å². The van der Waals surface area contributed by atoms with Crippen molar-refractivity contribution in [2.24, 2.45) is 0 Å². The molecule has 2 N–H and O–H groups in total. The van der Waals surface area contributed by atoms with E-state index in [0.717, 1.165) is 69.9 Å². The van der Waals surface area contributed by atoms with Crippen molar-refractivity contribution < 1.29 is 19.1 Å². The average Bonchev–Trinajstić information content (AvgIpc) is 3.89. The van der Waals surface area contributed by atoms with E-state index in [1.807, 2.05) is 24.3 Å². The Kier molecular flexibility index (Phi) is 11.0. The molecule has 2 saturated heterocycles. The molecule has 2 fully saturated rings. The van der Waals surface area contributed by atoms with Gasteiger partial charge >= 0.3 is 0 Å². The number of hydrogen-bond donors (Lipinski definition) is 2. The Bertz CT molecular complexity index is 2170. The number of hydrogen-bond acceptors (Lipinski definition) is 13. The molecule has 0 aliphatic carbocycles. The number of anilines is 3. The minimum absolute atomic E-state index is 0.0965. The van der Waals surface area contributed by atoms with Crippen LogP contribution in [0.25, 0.3) is 22.5 Å². The number of thiophene rings is 2. The molecule has 0 aromatic carbocycles. The van der Waals surface area contributed by atoms with Crippen LogP contribution >= 0.6 is 22.7 Å². The highest BCUT2D eigenvalue weighted by Gasteiger charge is 2.25. The monoisotopic (exact) mass is 759 g/mol. The van der Waals surface area contributed by atoms with Crippen molar-refractivity contribution in [3.05, 3.63) is 112 Å². The molecule has 54 heavy (non-hydrogen) atoms. The Hall–Kier alpha value is -5.48. The van der Waals surface area contributed by atoms with Gasteiger partial charge < -0.3 is 25.0 Å². The zero-order valence-electron chi connectivity index (χ0n) is 29.3. The first kappa shape index (κ1) is 35.5. The molecule has 0 radical (unpaired) electrons. The first-order valence-electron chi connectivity index (χ1n) is 17.7. The summed E-state index contributed by atoms with van der Waals surface area (Å²) < 4.78 is 11.6. The summed E-state index contributed by atoms with van der Waals surface area (Å²) in [5, 5.41) is 6.85. The second-order valence-corrected chi connectivity index (χ2v) is 15.3. The number of rotatable bonds is 11. The van der Waals surface area contributed by atoms with Gasteiger partial charge in [0.2, 0.25) is 11.8 Å². The number of carbonyl (C=O) groups is 2. The fraction of sp³-hybridized carbons (Fsp3) is 0.282. The van der Waals surface area contributed by atoms with Gasteiger partial charge in [0.1, 0.15) is 17.7 Å². The lowest BCUT2D eigenvalue weighted by atomic mass is 9.99. The Balaban J connectivity index is 0.815. The third-order valence-electron chi connectivity index (χ3n) is 9.22. The van der Waals surface area contributed by atoms with Gasteiger partial charge in [-0.15, -0.1) is 22.7 Å². The van der Waals surface area contributed by atoms with Crippen molar-refractivity contribution in [2.75, 3.05) is 48.4 Å². The zero-order chi connectivity index (χ0) is 36.7. The Morgan fingerprint density at radius 3 is 2.06 bits per heavy atom. The van der Waals surface area contributed by atoms with Crippen molar-refractivity contribution in [1.29, 1.82) is 0 Å². The number of nitrogens with zero attached hydrogens (tertiary/aromatic N) is 7. The summed E-state index contributed by atoms with van der Waals surface area (Å²) in [5.41, 5.74) is 3.75. The van der Waals surface area contributed by atoms with E-state index in [2.05, 4.69) is 57.6 Å². The van der Waals surface area contributed by atoms with Gasteiger partial charge in [-0.05, 0) is 67.3 Å². The van der Waals surface area contributed by atoms with E-state index >= 15 is 0 Å². The molecule has 2 aliphatic heterocycles. The van der Waals surface area contributed by atoms with E-state index < -0.39 is 0 Å². The molecule has 2 amide bonds. The Morgan fingerprint density at radius 2 is 1.41 bits per heavy atom. The molecule has 15 heteroatoms. The van der Waals surface area contributed by atoms with Gasteiger partial charge in [0.15, 0.2) is 0 Å². The second kappa shape index (κ2) is 16.7. The van der Waals surface area contributed by atoms with E-state index in [1.54, 1.807) is 78.2 Å². The number of pyridine rings is 2. The first-order chi connectivity index (χ1) is 26.5. The van der Waals surface area contributed by atoms with Crippen LogP contribution in [0.4, 0.5) is 16.6 Å². The maximum Gasteiger partial charge on any atom is 0.230 e. The van der Waals surface area contributed by atoms with Crippen LogP contribution in [0.15, 0.2) is 91.9 Å². The summed E-state index contributed by atoms with van der Waals surface area (Å²) in [6, 6.07) is 15.5. The number of ether oxygens (including phenoxy) is 2. The quantitative estimate of drug-likeness (QED) is 0.152. The molecule has 6 aromatic rings. The van der Waals surface area contributed by atoms with E-state index in [-0.39, 0.29) is 24.3 Å². The van der Waals surface area contributed by atoms with Gasteiger partial charge in [0.05, 0.1) is 66.7 Å². The van der Waals surface area contributed by atoms with Crippen LogP contribution in [-0.4, -0.2) is 74.6 Å². The molecule has 8 heterocycles. The van der Waals surface area contributed by atoms with Crippen molar-refractivity contribution >= 4 is 51.1 Å². The van der Waals surface area contributed by atoms with Gasteiger partial charge in [-0.1, -0.05) is 0 Å². The third-order valence-corrected chi connectivity index (χ3v) is 11.6. The topological polar surface area (TPSA) is 157 Å². The van der Waals surface area contributed by atoms with Crippen LogP contribution in [0, 0.1) is 0 Å². The fourth-order valence-corrected chi connectivity index (χ4v) is 8.60. The van der Waals surface area contributed by atoms with Gasteiger partial charge in [-0.2, -0.15) is 0 Å². The van der Waals surface area contributed by atoms with E-state index in [4.69, 9.17) is 9.47 Å². The van der Waals surface area contributed by atoms with Crippen LogP contribution in [0.3, 0.4) is 0 Å². The van der Waals surface area contributed by atoms with E-state index in [0.29, 0.717) is 42.8 Å². The predicted octanol–water partition coefficient (Wildman–Crippen LogP) is 6.35. The number of amides is 2. The summed E-state index contributed by atoms with van der Waals surface area (Å²) >= 11 is 3.30. The lowest BCUT2D eigenvalue weighted by molar-refractivity contribution is -0.116. The maximum atomic E-state index is 12.8. The molecule has 2 aliphatic rings. The Labute approximate surface area is 319 Å². The lowest BCUT2D eigenvalue weighted by Crippen LogP contribution is -2.38. The first-order valence-corrected chi connectivity index (χ1v) is 19.4. The van der Waals surface area contributed by atoms with Crippen molar-refractivity contribution in [2.45, 2.75) is 37.7 Å². The van der Waals surface area contributed by atoms with Crippen molar-refractivity contribution in [1.82, 2.24) is 29.9 Å². The van der Waals surface area contributed by atoms with E-state index in [9.17, 15) is 9.59 Å². The molecule has 8 rings (SSSR count). The molecular formula is C39H37N9O4S2. The van der Waals surface area contributed by atoms with Crippen LogP contribution < -0.4 is 15.5 Å². The minimum Gasteiger partial charge on any atom is -0.381 e. The summed E-state index contributed by atoms with van der Waals surface area (Å²) in [5.74, 6) is 1.26. The maximum absolute atomic E-state index is 12.8. The summed E-state index contributed by atoms with van der Waals surface area (Å²) in [6.45, 7) is 3.49. The van der Waals surface area contributed by atoms with Crippen LogP contribution in [0.1, 0.15) is 45.2 Å². The van der Waals surface area contributed by atoms with Crippen LogP contribution in [-0.2, 0) is 31.9 Å². The standard InChI is InChI=1S/C39H37N9O4S2/c49-37(17-28-3-5-34(53-28)25-9-14-51-15-10-25)46-36-7-2-27(20-45-36)31-22-43-32(23-42-31)33-24-48(13-16-52-33)39-8-4-29(54-39)18-38(50)47-35-6-1-26(19-44-35)30-21-40-11-12-41-30/h1-8,11-12,19-23,25,33H,9-10,13-18,24H2,(H,44,47,50)(H,45,46,49). The van der Waals surface area contributed by atoms with Crippen molar-refractivity contribution in [3.8, 4) is 22.5 Å². The molecule has 0 bridgehead atoms. The Morgan fingerprint density at radius 1 is 0.704 bits per heavy atom. The normalized spacial score (nSPS) is 16.2. The molecule has 0 spiro atoms. The summed E-state index contributed by atoms with van der Waals surface area (Å²) in [4.78, 5) is 57.7. The molecule has 6 aromatic heterocycles. The molecule has 0 saturated carbocycles.